The third-order valence-corrected chi connectivity index (χ3v) is 2.25. The molecule has 2 rings (SSSR count). The minimum absolute atomic E-state index is 0.0378. The predicted octanol–water partition coefficient (Wildman–Crippen LogP) is 1.42. The van der Waals surface area contributed by atoms with E-state index < -0.39 is 0 Å². The first-order chi connectivity index (χ1) is 6.75. The fraction of sp³-hybridized carbons (Fsp3) is 0.100. The van der Waals surface area contributed by atoms with E-state index in [1.165, 1.54) is 0 Å². The minimum Gasteiger partial charge on any atom is -0.508 e. The highest BCUT2D eigenvalue weighted by molar-refractivity contribution is 7.80. The second-order valence-electron chi connectivity index (χ2n) is 3.05. The Bertz CT molecular complexity index is 389. The monoisotopic (exact) mass is 206 g/mol. The Morgan fingerprint density at radius 3 is 2.93 bits per heavy atom. The zero-order valence-electron chi connectivity index (χ0n) is 7.40. The average molecular weight is 206 g/mol. The largest absolute Gasteiger partial charge is 0.508 e. The number of phenols is 1. The van der Waals surface area contributed by atoms with Gasteiger partial charge in [0.15, 0.2) is 5.11 Å². The van der Waals surface area contributed by atoms with E-state index in [4.69, 9.17) is 12.2 Å². The van der Waals surface area contributed by atoms with E-state index in [1.54, 1.807) is 18.3 Å². The van der Waals surface area contributed by atoms with Crippen LogP contribution in [-0.4, -0.2) is 10.2 Å². The minimum atomic E-state index is 0.0378. The van der Waals surface area contributed by atoms with E-state index in [1.807, 2.05) is 18.2 Å². The van der Waals surface area contributed by atoms with Crippen molar-refractivity contribution >= 4 is 17.3 Å². The Hall–Kier alpha value is -1.55. The van der Waals surface area contributed by atoms with Gasteiger partial charge in [-0.25, -0.2) is 0 Å². The van der Waals surface area contributed by atoms with Crippen molar-refractivity contribution in [2.75, 3.05) is 0 Å². The van der Waals surface area contributed by atoms with Crippen LogP contribution in [0.3, 0.4) is 0 Å². The van der Waals surface area contributed by atoms with Crippen LogP contribution >= 0.6 is 12.2 Å². The molecule has 4 heteroatoms. The van der Waals surface area contributed by atoms with Crippen molar-refractivity contribution in [2.45, 2.75) is 6.04 Å². The van der Waals surface area contributed by atoms with Gasteiger partial charge in [0.25, 0.3) is 0 Å². The van der Waals surface area contributed by atoms with Crippen LogP contribution in [-0.2, 0) is 0 Å². The van der Waals surface area contributed by atoms with Crippen LogP contribution in [0.4, 0.5) is 0 Å². The van der Waals surface area contributed by atoms with E-state index in [-0.39, 0.29) is 11.8 Å². The molecule has 1 atom stereocenters. The third-order valence-electron chi connectivity index (χ3n) is 2.02. The zero-order valence-corrected chi connectivity index (χ0v) is 8.21. The van der Waals surface area contributed by atoms with Gasteiger partial charge in [-0.15, -0.1) is 0 Å². The summed E-state index contributed by atoms with van der Waals surface area (Å²) >= 11 is 4.98. The Kier molecular flexibility index (Phi) is 2.37. The standard InChI is InChI=1S/C10H10N2OS/c13-8-3-1-2-7(6-8)9-4-5-11-10(14)12-9/h1-6,9,13H,(H2,11,12,14). The topological polar surface area (TPSA) is 44.3 Å². The van der Waals surface area contributed by atoms with Crippen LogP contribution in [0.15, 0.2) is 36.5 Å². The van der Waals surface area contributed by atoms with Gasteiger partial charge in [0.05, 0.1) is 6.04 Å². The smallest absolute Gasteiger partial charge is 0.171 e. The summed E-state index contributed by atoms with van der Waals surface area (Å²) in [6.07, 6.45) is 3.75. The molecule has 0 fully saturated rings. The number of benzene rings is 1. The second-order valence-corrected chi connectivity index (χ2v) is 3.46. The van der Waals surface area contributed by atoms with Gasteiger partial charge in [-0.05, 0) is 36.0 Å². The molecule has 0 radical (unpaired) electrons. The van der Waals surface area contributed by atoms with Crippen molar-refractivity contribution < 1.29 is 5.11 Å². The molecule has 0 bridgehead atoms. The summed E-state index contributed by atoms with van der Waals surface area (Å²) in [7, 11) is 0. The molecular weight excluding hydrogens is 196 g/mol. The van der Waals surface area contributed by atoms with Crippen LogP contribution in [0.1, 0.15) is 11.6 Å². The highest BCUT2D eigenvalue weighted by Crippen LogP contribution is 2.20. The summed E-state index contributed by atoms with van der Waals surface area (Å²) in [4.78, 5) is 0. The summed E-state index contributed by atoms with van der Waals surface area (Å²) in [5, 5.41) is 15.9. The lowest BCUT2D eigenvalue weighted by Crippen LogP contribution is -2.37. The van der Waals surface area contributed by atoms with E-state index >= 15 is 0 Å². The fourth-order valence-electron chi connectivity index (χ4n) is 1.36. The number of aromatic hydroxyl groups is 1. The van der Waals surface area contributed by atoms with Crippen molar-refractivity contribution in [1.82, 2.24) is 10.6 Å². The average Bonchev–Trinajstić information content (AvgIpc) is 2.18. The Labute approximate surface area is 87.4 Å². The first kappa shape index (κ1) is 9.02. The molecule has 0 spiro atoms. The lowest BCUT2D eigenvalue weighted by Gasteiger charge is -2.21. The van der Waals surface area contributed by atoms with Crippen LogP contribution in [0.25, 0.3) is 0 Å². The van der Waals surface area contributed by atoms with Gasteiger partial charge in [0.2, 0.25) is 0 Å². The van der Waals surface area contributed by atoms with Gasteiger partial charge in [-0.1, -0.05) is 12.1 Å². The molecule has 1 aliphatic rings. The van der Waals surface area contributed by atoms with Gasteiger partial charge >= 0.3 is 0 Å². The van der Waals surface area contributed by atoms with E-state index in [9.17, 15) is 5.11 Å². The number of hydrogen-bond acceptors (Lipinski definition) is 2. The van der Waals surface area contributed by atoms with E-state index in [2.05, 4.69) is 10.6 Å². The predicted molar refractivity (Wildman–Crippen MR) is 58.9 cm³/mol. The van der Waals surface area contributed by atoms with Crippen LogP contribution in [0.5, 0.6) is 5.75 Å². The van der Waals surface area contributed by atoms with Crippen molar-refractivity contribution in [3.05, 3.63) is 42.1 Å². The molecule has 72 valence electrons. The lowest BCUT2D eigenvalue weighted by molar-refractivity contribution is 0.474. The molecular formula is C10H10N2OS. The molecule has 1 aromatic carbocycles. The maximum atomic E-state index is 9.31. The second kappa shape index (κ2) is 3.67. The fourth-order valence-corrected chi connectivity index (χ4v) is 1.56. The Morgan fingerprint density at radius 1 is 1.36 bits per heavy atom. The number of thiocarbonyl (C=S) groups is 1. The van der Waals surface area contributed by atoms with Crippen molar-refractivity contribution in [2.24, 2.45) is 0 Å². The SMILES string of the molecule is Oc1cccc(C2C=CNC(=S)N2)c1. The molecule has 0 aromatic heterocycles. The van der Waals surface area contributed by atoms with Crippen LogP contribution in [0, 0.1) is 0 Å². The molecule has 0 saturated heterocycles. The highest BCUT2D eigenvalue weighted by Gasteiger charge is 2.12. The van der Waals surface area contributed by atoms with E-state index in [0.29, 0.717) is 5.11 Å². The third kappa shape index (κ3) is 1.85. The first-order valence-electron chi connectivity index (χ1n) is 4.28. The van der Waals surface area contributed by atoms with Crippen molar-refractivity contribution in [1.29, 1.82) is 0 Å². The molecule has 1 unspecified atom stereocenters. The molecule has 1 aliphatic heterocycles. The number of nitrogens with one attached hydrogen (secondary N) is 2. The quantitative estimate of drug-likeness (QED) is 0.608. The normalized spacial score (nSPS) is 20.0. The van der Waals surface area contributed by atoms with Gasteiger partial charge in [-0.3, -0.25) is 0 Å². The molecule has 14 heavy (non-hydrogen) atoms. The van der Waals surface area contributed by atoms with Gasteiger partial charge in [0.1, 0.15) is 5.75 Å². The molecule has 0 amide bonds. The molecule has 0 aliphatic carbocycles. The molecule has 0 saturated carbocycles. The van der Waals surface area contributed by atoms with Crippen LogP contribution < -0.4 is 10.6 Å². The summed E-state index contributed by atoms with van der Waals surface area (Å²) in [5.41, 5.74) is 0.991. The summed E-state index contributed by atoms with van der Waals surface area (Å²) < 4.78 is 0. The lowest BCUT2D eigenvalue weighted by atomic mass is 10.1. The highest BCUT2D eigenvalue weighted by atomic mass is 32.1. The van der Waals surface area contributed by atoms with Gasteiger partial charge in [0, 0.05) is 6.20 Å². The van der Waals surface area contributed by atoms with Crippen LogP contribution in [0.2, 0.25) is 0 Å². The summed E-state index contributed by atoms with van der Waals surface area (Å²) in [6.45, 7) is 0. The Morgan fingerprint density at radius 2 is 2.21 bits per heavy atom. The van der Waals surface area contributed by atoms with E-state index in [0.717, 1.165) is 5.56 Å². The molecule has 3 N–H and O–H groups in total. The van der Waals surface area contributed by atoms with Crippen molar-refractivity contribution in [3.8, 4) is 5.75 Å². The number of hydrogen-bond donors (Lipinski definition) is 3. The molecule has 1 heterocycles. The summed E-state index contributed by atoms with van der Waals surface area (Å²) in [5.74, 6) is 0.266. The maximum Gasteiger partial charge on any atom is 0.171 e. The summed E-state index contributed by atoms with van der Waals surface area (Å²) in [6, 6.07) is 7.15. The van der Waals surface area contributed by atoms with Gasteiger partial charge in [-0.2, -0.15) is 0 Å². The number of rotatable bonds is 1. The van der Waals surface area contributed by atoms with Gasteiger partial charge < -0.3 is 15.7 Å². The van der Waals surface area contributed by atoms with Crippen molar-refractivity contribution in [3.63, 3.8) is 0 Å². The molecule has 3 nitrogen and oxygen atoms in total. The Balaban J connectivity index is 2.26. The first-order valence-corrected chi connectivity index (χ1v) is 4.69. The zero-order chi connectivity index (χ0) is 9.97. The number of phenolic OH excluding ortho intramolecular Hbond substituents is 1. The maximum absolute atomic E-state index is 9.31. The molecule has 1 aromatic rings.